The minimum Gasteiger partial charge on any atom is -0.497 e. The molecule has 6 nitrogen and oxygen atoms in total. The molecule has 1 aromatic carbocycles. The van der Waals surface area contributed by atoms with Crippen LogP contribution in [0.1, 0.15) is 0 Å². The second-order valence-corrected chi connectivity index (χ2v) is 4.65. The first-order valence-electron chi connectivity index (χ1n) is 6.29. The Hall–Kier alpha value is -1.95. The Labute approximate surface area is 112 Å². The van der Waals surface area contributed by atoms with E-state index < -0.39 is 0 Å². The van der Waals surface area contributed by atoms with Crippen LogP contribution in [0.5, 0.6) is 5.75 Å². The van der Waals surface area contributed by atoms with E-state index in [1.165, 1.54) is 0 Å². The summed E-state index contributed by atoms with van der Waals surface area (Å²) in [5, 5.41) is 0. The first-order valence-corrected chi connectivity index (χ1v) is 6.29. The molecule has 1 saturated heterocycles. The lowest BCUT2D eigenvalue weighted by atomic mass is 10.2. The number of nitrogen functional groups attached to an aromatic ring is 1. The molecule has 1 aliphatic rings. The van der Waals surface area contributed by atoms with Crippen molar-refractivity contribution in [3.63, 3.8) is 0 Å². The molecule has 0 aromatic heterocycles. The van der Waals surface area contributed by atoms with Crippen LogP contribution in [-0.4, -0.2) is 50.6 Å². The highest BCUT2D eigenvalue weighted by Crippen LogP contribution is 2.28. The fourth-order valence-electron chi connectivity index (χ4n) is 2.31. The number of benzene rings is 1. The molecule has 0 radical (unpaired) electrons. The summed E-state index contributed by atoms with van der Waals surface area (Å²) >= 11 is 0. The maximum Gasteiger partial charge on any atom is 0.231 e. The number of anilines is 2. The van der Waals surface area contributed by atoms with E-state index in [-0.39, 0.29) is 5.91 Å². The summed E-state index contributed by atoms with van der Waals surface area (Å²) in [6.45, 7) is 3.63. The van der Waals surface area contributed by atoms with Crippen molar-refractivity contribution in [3.8, 4) is 5.75 Å². The summed E-state index contributed by atoms with van der Waals surface area (Å²) in [5.74, 6) is 0.478. The second-order valence-electron chi connectivity index (χ2n) is 4.65. The lowest BCUT2D eigenvalue weighted by Gasteiger charge is -2.36. The fraction of sp³-hybridized carbons (Fsp3) is 0.462. The smallest absolute Gasteiger partial charge is 0.231 e. The Kier molecular flexibility index (Phi) is 4.11. The molecule has 1 fully saturated rings. The third-order valence-electron chi connectivity index (χ3n) is 3.33. The zero-order valence-corrected chi connectivity index (χ0v) is 11.1. The number of ether oxygens (including phenoxy) is 1. The van der Waals surface area contributed by atoms with E-state index >= 15 is 0 Å². The maximum atomic E-state index is 10.9. The van der Waals surface area contributed by atoms with Crippen LogP contribution in [0.3, 0.4) is 0 Å². The highest BCUT2D eigenvalue weighted by molar-refractivity contribution is 5.76. The summed E-state index contributed by atoms with van der Waals surface area (Å²) in [4.78, 5) is 15.1. The topological polar surface area (TPSA) is 84.8 Å². The largest absolute Gasteiger partial charge is 0.497 e. The summed E-state index contributed by atoms with van der Waals surface area (Å²) in [6.07, 6.45) is 0. The molecular formula is C13H20N4O2. The van der Waals surface area contributed by atoms with Gasteiger partial charge in [-0.25, -0.2) is 0 Å². The van der Waals surface area contributed by atoms with Gasteiger partial charge in [-0.2, -0.15) is 0 Å². The predicted molar refractivity (Wildman–Crippen MR) is 75.3 cm³/mol. The van der Waals surface area contributed by atoms with E-state index in [0.29, 0.717) is 12.2 Å². The molecule has 0 spiro atoms. The SMILES string of the molecule is COc1ccc(N2CCN(CC(N)=O)CC2)c(N)c1. The molecule has 6 heteroatoms. The number of amides is 1. The van der Waals surface area contributed by atoms with Crippen molar-refractivity contribution >= 4 is 17.3 Å². The number of nitrogens with two attached hydrogens (primary N) is 2. The number of carbonyl (C=O) groups excluding carboxylic acids is 1. The number of primary amides is 1. The number of methoxy groups -OCH3 is 1. The van der Waals surface area contributed by atoms with Crippen LogP contribution in [0.15, 0.2) is 18.2 Å². The molecular weight excluding hydrogens is 244 g/mol. The molecule has 0 unspecified atom stereocenters. The van der Waals surface area contributed by atoms with Crippen molar-refractivity contribution in [2.75, 3.05) is 50.5 Å². The molecule has 4 N–H and O–H groups in total. The van der Waals surface area contributed by atoms with Crippen molar-refractivity contribution in [2.45, 2.75) is 0 Å². The van der Waals surface area contributed by atoms with Crippen molar-refractivity contribution < 1.29 is 9.53 Å². The van der Waals surface area contributed by atoms with Crippen LogP contribution in [0.25, 0.3) is 0 Å². The normalized spacial score (nSPS) is 16.4. The molecule has 0 atom stereocenters. The lowest BCUT2D eigenvalue weighted by molar-refractivity contribution is -0.119. The Morgan fingerprint density at radius 1 is 1.32 bits per heavy atom. The van der Waals surface area contributed by atoms with Gasteiger partial charge < -0.3 is 21.1 Å². The van der Waals surface area contributed by atoms with E-state index in [0.717, 1.165) is 37.6 Å². The van der Waals surface area contributed by atoms with Crippen molar-refractivity contribution in [2.24, 2.45) is 5.73 Å². The van der Waals surface area contributed by atoms with Gasteiger partial charge in [0, 0.05) is 32.2 Å². The molecule has 104 valence electrons. The van der Waals surface area contributed by atoms with Gasteiger partial charge in [0.2, 0.25) is 5.91 Å². The van der Waals surface area contributed by atoms with Crippen molar-refractivity contribution in [1.82, 2.24) is 4.90 Å². The lowest BCUT2D eigenvalue weighted by Crippen LogP contribution is -2.49. The Morgan fingerprint density at radius 2 is 2.00 bits per heavy atom. The number of hydrogen-bond donors (Lipinski definition) is 2. The van der Waals surface area contributed by atoms with Crippen LogP contribution in [-0.2, 0) is 4.79 Å². The Bertz CT molecular complexity index is 456. The first-order chi connectivity index (χ1) is 9.10. The second kappa shape index (κ2) is 5.79. The van der Waals surface area contributed by atoms with Crippen LogP contribution in [0.2, 0.25) is 0 Å². The average Bonchev–Trinajstić information content (AvgIpc) is 2.39. The van der Waals surface area contributed by atoms with Gasteiger partial charge in [0.1, 0.15) is 5.75 Å². The zero-order valence-electron chi connectivity index (χ0n) is 11.1. The number of piperazine rings is 1. The predicted octanol–water partition coefficient (Wildman–Crippen LogP) is -0.115. The highest BCUT2D eigenvalue weighted by atomic mass is 16.5. The van der Waals surface area contributed by atoms with Gasteiger partial charge in [0.25, 0.3) is 0 Å². The number of rotatable bonds is 4. The van der Waals surface area contributed by atoms with Crippen LogP contribution in [0, 0.1) is 0 Å². The van der Waals surface area contributed by atoms with Crippen LogP contribution in [0.4, 0.5) is 11.4 Å². The third-order valence-corrected chi connectivity index (χ3v) is 3.33. The number of nitrogens with zero attached hydrogens (tertiary/aromatic N) is 2. The standard InChI is InChI=1S/C13H20N4O2/c1-19-10-2-3-12(11(14)8-10)17-6-4-16(5-7-17)9-13(15)18/h2-3,8H,4-7,9,14H2,1H3,(H2,15,18). The summed E-state index contributed by atoms with van der Waals surface area (Å²) in [7, 11) is 1.62. The number of hydrogen-bond acceptors (Lipinski definition) is 5. The van der Waals surface area contributed by atoms with E-state index in [9.17, 15) is 4.79 Å². The quantitative estimate of drug-likeness (QED) is 0.741. The van der Waals surface area contributed by atoms with E-state index in [4.69, 9.17) is 16.2 Å². The zero-order chi connectivity index (χ0) is 13.8. The highest BCUT2D eigenvalue weighted by Gasteiger charge is 2.19. The molecule has 1 amide bonds. The number of carbonyl (C=O) groups is 1. The Balaban J connectivity index is 1.99. The van der Waals surface area contributed by atoms with Gasteiger partial charge >= 0.3 is 0 Å². The Morgan fingerprint density at radius 3 is 2.53 bits per heavy atom. The third kappa shape index (κ3) is 3.29. The maximum absolute atomic E-state index is 10.9. The molecule has 0 aliphatic carbocycles. The summed E-state index contributed by atoms with van der Waals surface area (Å²) in [6, 6.07) is 5.70. The van der Waals surface area contributed by atoms with Gasteiger partial charge in [-0.3, -0.25) is 9.69 Å². The molecule has 0 bridgehead atoms. The summed E-state index contributed by atoms with van der Waals surface area (Å²) in [5.41, 5.74) is 13.0. The summed E-state index contributed by atoms with van der Waals surface area (Å²) < 4.78 is 5.14. The molecule has 1 heterocycles. The average molecular weight is 264 g/mol. The first kappa shape index (κ1) is 13.5. The van der Waals surface area contributed by atoms with Gasteiger partial charge in [-0.05, 0) is 12.1 Å². The fourth-order valence-corrected chi connectivity index (χ4v) is 2.31. The van der Waals surface area contributed by atoms with Gasteiger partial charge in [0.15, 0.2) is 0 Å². The molecule has 1 aliphatic heterocycles. The van der Waals surface area contributed by atoms with Gasteiger partial charge in [0.05, 0.1) is 25.0 Å². The molecule has 0 saturated carbocycles. The van der Waals surface area contributed by atoms with Crippen LogP contribution < -0.4 is 21.1 Å². The monoisotopic (exact) mass is 264 g/mol. The van der Waals surface area contributed by atoms with Gasteiger partial charge in [-0.1, -0.05) is 0 Å². The molecule has 19 heavy (non-hydrogen) atoms. The van der Waals surface area contributed by atoms with Crippen LogP contribution >= 0.6 is 0 Å². The minimum absolute atomic E-state index is 0.280. The van der Waals surface area contributed by atoms with E-state index in [2.05, 4.69) is 9.80 Å². The van der Waals surface area contributed by atoms with Crippen molar-refractivity contribution in [1.29, 1.82) is 0 Å². The van der Waals surface area contributed by atoms with Gasteiger partial charge in [-0.15, -0.1) is 0 Å². The van der Waals surface area contributed by atoms with E-state index in [1.807, 2.05) is 18.2 Å². The minimum atomic E-state index is -0.280. The molecule has 1 aromatic rings. The van der Waals surface area contributed by atoms with E-state index in [1.54, 1.807) is 7.11 Å². The van der Waals surface area contributed by atoms with Crippen molar-refractivity contribution in [3.05, 3.63) is 18.2 Å². The molecule has 2 rings (SSSR count).